The number of benzene rings is 4. The van der Waals surface area contributed by atoms with Gasteiger partial charge in [0.2, 0.25) is 11.8 Å². The van der Waals surface area contributed by atoms with E-state index in [4.69, 9.17) is 0 Å². The number of rotatable bonds is 8. The Balaban J connectivity index is 0.696. The van der Waals surface area contributed by atoms with Crippen molar-refractivity contribution >= 4 is 29.3 Å². The Morgan fingerprint density at radius 2 is 1.25 bits per heavy atom. The molecule has 0 bridgehead atoms. The van der Waals surface area contributed by atoms with E-state index in [0.717, 1.165) is 80.6 Å². The van der Waals surface area contributed by atoms with Crippen molar-refractivity contribution in [2.45, 2.75) is 82.3 Å². The number of aryl methyl sites for hydroxylation is 1. The van der Waals surface area contributed by atoms with Gasteiger partial charge in [0, 0.05) is 57.3 Å². The van der Waals surface area contributed by atoms with Crippen molar-refractivity contribution in [3.63, 3.8) is 0 Å². The Morgan fingerprint density at radius 1 is 0.610 bits per heavy atom. The van der Waals surface area contributed by atoms with Crippen LogP contribution in [0.25, 0.3) is 0 Å². The fraction of sp³-hybridized carbons (Fsp3) is 0.429. The van der Waals surface area contributed by atoms with Crippen molar-refractivity contribution in [2.75, 3.05) is 44.2 Å². The van der Waals surface area contributed by atoms with Gasteiger partial charge in [-0.15, -0.1) is 0 Å². The SMILES string of the molecule is O=C1CCC(N2C(=O)c3cc4c(cc3C2=O)CN(CC2CCN(CC3CCN(c5ccc(C6c7ccc(O)cc7CCC6c6ccccc6)cc5)CC3)CC2)C4)C(=O)N1. The summed E-state index contributed by atoms with van der Waals surface area (Å²) in [6.07, 6.45) is 7.12. The molecule has 2 N–H and O–H groups in total. The molecule has 0 saturated carbocycles. The van der Waals surface area contributed by atoms with Crippen molar-refractivity contribution in [3.05, 3.63) is 129 Å². The van der Waals surface area contributed by atoms with Gasteiger partial charge in [-0.25, -0.2) is 0 Å². The molecule has 3 saturated heterocycles. The monoisotopic (exact) mass is 791 g/mol. The lowest BCUT2D eigenvalue weighted by atomic mass is 9.69. The molecule has 0 aromatic heterocycles. The third-order valence-electron chi connectivity index (χ3n) is 14.3. The lowest BCUT2D eigenvalue weighted by Gasteiger charge is -2.39. The molecule has 10 nitrogen and oxygen atoms in total. The Bertz CT molecular complexity index is 2230. The maximum absolute atomic E-state index is 13.3. The van der Waals surface area contributed by atoms with E-state index in [1.54, 1.807) is 0 Å². The number of hydrogen-bond acceptors (Lipinski definition) is 8. The third kappa shape index (κ3) is 7.35. The molecule has 4 amide bonds. The highest BCUT2D eigenvalue weighted by Crippen LogP contribution is 2.47. The minimum atomic E-state index is -0.937. The van der Waals surface area contributed by atoms with Gasteiger partial charge in [-0.2, -0.15) is 0 Å². The van der Waals surface area contributed by atoms with Crippen molar-refractivity contribution in [2.24, 2.45) is 11.8 Å². The Hall–Kier alpha value is -5.32. The second-order valence-corrected chi connectivity index (χ2v) is 18.0. The van der Waals surface area contributed by atoms with Crippen LogP contribution in [0.2, 0.25) is 0 Å². The van der Waals surface area contributed by atoms with Crippen LogP contribution in [0.15, 0.2) is 84.9 Å². The molecule has 10 rings (SSSR count). The van der Waals surface area contributed by atoms with Gasteiger partial charge in [0.25, 0.3) is 11.8 Å². The van der Waals surface area contributed by atoms with E-state index in [2.05, 4.69) is 80.7 Å². The molecule has 0 spiro atoms. The summed E-state index contributed by atoms with van der Waals surface area (Å²) in [5, 5.41) is 12.5. The predicted octanol–water partition coefficient (Wildman–Crippen LogP) is 6.60. The predicted molar refractivity (Wildman–Crippen MR) is 225 cm³/mol. The number of amides is 4. The number of likely N-dealkylation sites (tertiary alicyclic amines) is 1. The van der Waals surface area contributed by atoms with E-state index in [1.807, 2.05) is 24.3 Å². The fourth-order valence-electron chi connectivity index (χ4n) is 11.2. The molecule has 3 atom stereocenters. The molecule has 3 unspecified atom stereocenters. The minimum absolute atomic E-state index is 0.117. The maximum atomic E-state index is 13.3. The third-order valence-corrected chi connectivity index (χ3v) is 14.3. The molecular weight excluding hydrogens is 739 g/mol. The van der Waals surface area contributed by atoms with Crippen LogP contribution in [0.1, 0.15) is 111 Å². The summed E-state index contributed by atoms with van der Waals surface area (Å²) in [5.41, 5.74) is 9.57. The number of imide groups is 2. The quantitative estimate of drug-likeness (QED) is 0.192. The molecule has 5 heterocycles. The largest absolute Gasteiger partial charge is 0.508 e. The first-order chi connectivity index (χ1) is 28.8. The van der Waals surface area contributed by atoms with Crippen LogP contribution in [0.5, 0.6) is 5.75 Å². The number of fused-ring (bicyclic) bond motifs is 3. The van der Waals surface area contributed by atoms with Gasteiger partial charge < -0.3 is 14.9 Å². The molecule has 6 aliphatic rings. The van der Waals surface area contributed by atoms with Crippen LogP contribution in [0, 0.1) is 11.8 Å². The number of nitrogens with one attached hydrogen (secondary N) is 1. The van der Waals surface area contributed by atoms with Crippen molar-refractivity contribution in [3.8, 4) is 5.75 Å². The Morgan fingerprint density at radius 3 is 1.92 bits per heavy atom. The topological polar surface area (TPSA) is 114 Å². The van der Waals surface area contributed by atoms with Crippen LogP contribution in [0.4, 0.5) is 5.69 Å². The van der Waals surface area contributed by atoms with Crippen molar-refractivity contribution in [1.29, 1.82) is 0 Å². The molecule has 5 aliphatic heterocycles. The lowest BCUT2D eigenvalue weighted by molar-refractivity contribution is -0.136. The van der Waals surface area contributed by atoms with E-state index in [-0.39, 0.29) is 24.7 Å². The summed E-state index contributed by atoms with van der Waals surface area (Å²) < 4.78 is 0. The van der Waals surface area contributed by atoms with E-state index in [9.17, 15) is 24.3 Å². The van der Waals surface area contributed by atoms with Gasteiger partial charge in [0.1, 0.15) is 11.8 Å². The Kier molecular flexibility index (Phi) is 10.1. The smallest absolute Gasteiger partial charge is 0.262 e. The summed E-state index contributed by atoms with van der Waals surface area (Å²) in [4.78, 5) is 59.6. The van der Waals surface area contributed by atoms with E-state index < -0.39 is 23.8 Å². The molecule has 10 heteroatoms. The fourth-order valence-corrected chi connectivity index (χ4v) is 11.2. The molecule has 304 valence electrons. The van der Waals surface area contributed by atoms with Gasteiger partial charge in [-0.3, -0.25) is 34.3 Å². The summed E-state index contributed by atoms with van der Waals surface area (Å²) in [6, 6.07) is 29.0. The Labute approximate surface area is 346 Å². The van der Waals surface area contributed by atoms with Crippen molar-refractivity contribution in [1.82, 2.24) is 20.0 Å². The number of carbonyl (C=O) groups is 4. The first-order valence-electron chi connectivity index (χ1n) is 21.8. The average molecular weight is 792 g/mol. The summed E-state index contributed by atoms with van der Waals surface area (Å²) in [5.74, 6) is 0.546. The first-order valence-corrected chi connectivity index (χ1v) is 21.8. The number of aromatic hydroxyl groups is 1. The second-order valence-electron chi connectivity index (χ2n) is 18.0. The van der Waals surface area contributed by atoms with Crippen LogP contribution in [-0.2, 0) is 29.1 Å². The first kappa shape index (κ1) is 37.9. The average Bonchev–Trinajstić information content (AvgIpc) is 3.76. The molecule has 3 fully saturated rings. The van der Waals surface area contributed by atoms with Gasteiger partial charge in [-0.05, 0) is 146 Å². The van der Waals surface area contributed by atoms with Gasteiger partial charge in [0.05, 0.1) is 11.1 Å². The van der Waals surface area contributed by atoms with Crippen LogP contribution in [0.3, 0.4) is 0 Å². The number of hydrogen-bond donors (Lipinski definition) is 2. The van der Waals surface area contributed by atoms with Gasteiger partial charge >= 0.3 is 0 Å². The molecular formula is C49H53N5O5. The molecule has 0 radical (unpaired) electrons. The highest BCUT2D eigenvalue weighted by atomic mass is 16.3. The zero-order valence-electron chi connectivity index (χ0n) is 33.7. The van der Waals surface area contributed by atoms with Crippen LogP contribution in [-0.4, -0.2) is 88.7 Å². The second kappa shape index (κ2) is 15.7. The van der Waals surface area contributed by atoms with Crippen molar-refractivity contribution < 1.29 is 24.3 Å². The number of phenolic OH excluding ortho intramolecular Hbond substituents is 1. The zero-order chi connectivity index (χ0) is 40.2. The highest BCUT2D eigenvalue weighted by Gasteiger charge is 2.45. The molecule has 1 aliphatic carbocycles. The standard InChI is InChI=1S/C49H53N5O5/c55-39-11-13-41-35(24-39)8-12-40(33-4-2-1-3-5-33)46(41)34-6-9-38(10-7-34)53-22-18-32(19-23-53)27-51-20-16-31(17-21-51)28-52-29-36-25-42-43(26-37(36)30-52)49(59)54(48(42)58)44-14-15-45(56)50-47(44)57/h1-7,9-11,13,24-26,31-32,40,44,46,55H,8,12,14-23,27-30H2,(H,50,56,57). The van der Waals surface area contributed by atoms with E-state index >= 15 is 0 Å². The number of piperidine rings is 3. The summed E-state index contributed by atoms with van der Waals surface area (Å²) in [6.45, 7) is 8.15. The number of phenols is 1. The van der Waals surface area contributed by atoms with Crippen LogP contribution < -0.4 is 10.2 Å². The van der Waals surface area contributed by atoms with Gasteiger partial charge in [0.15, 0.2) is 0 Å². The highest BCUT2D eigenvalue weighted by molar-refractivity contribution is 6.23. The molecule has 4 aromatic rings. The maximum Gasteiger partial charge on any atom is 0.262 e. The number of nitrogens with zero attached hydrogens (tertiary/aromatic N) is 4. The summed E-state index contributed by atoms with van der Waals surface area (Å²) in [7, 11) is 0. The normalized spacial score (nSPS) is 24.3. The lowest BCUT2D eigenvalue weighted by Crippen LogP contribution is -2.54. The van der Waals surface area contributed by atoms with E-state index in [1.165, 1.54) is 60.2 Å². The van der Waals surface area contributed by atoms with E-state index in [0.29, 0.717) is 28.7 Å². The molecule has 59 heavy (non-hydrogen) atoms. The zero-order valence-corrected chi connectivity index (χ0v) is 33.7. The minimum Gasteiger partial charge on any atom is -0.508 e. The number of carbonyl (C=O) groups excluding carboxylic acids is 4. The molecule has 4 aromatic carbocycles. The van der Waals surface area contributed by atoms with Crippen LogP contribution >= 0.6 is 0 Å². The summed E-state index contributed by atoms with van der Waals surface area (Å²) >= 11 is 0. The number of anilines is 1. The van der Waals surface area contributed by atoms with Gasteiger partial charge in [-0.1, -0.05) is 48.5 Å².